The van der Waals surface area contributed by atoms with E-state index in [2.05, 4.69) is 16.4 Å². The zero-order valence-electron chi connectivity index (χ0n) is 16.0. The molecule has 0 aliphatic rings. The highest BCUT2D eigenvalue weighted by atomic mass is 35.5. The second-order valence-electron chi connectivity index (χ2n) is 6.82. The number of carbonyl (C=O) groups excluding carboxylic acids is 1. The Morgan fingerprint density at radius 1 is 1.07 bits per heavy atom. The molecule has 4 rings (SSSR count). The zero-order valence-corrected chi connectivity index (χ0v) is 16.8. The lowest BCUT2D eigenvalue weighted by Crippen LogP contribution is -2.20. The van der Waals surface area contributed by atoms with E-state index in [1.165, 1.54) is 0 Å². The number of hydrogen-bond donors (Lipinski definition) is 1. The maximum atomic E-state index is 12.1. The summed E-state index contributed by atoms with van der Waals surface area (Å²) in [6.45, 7) is 3.96. The molecule has 0 aliphatic carbocycles. The molecule has 0 saturated carbocycles. The van der Waals surface area contributed by atoms with Crippen molar-refractivity contribution in [2.45, 2.75) is 13.8 Å². The molecule has 1 heterocycles. The van der Waals surface area contributed by atoms with Crippen molar-refractivity contribution in [2.24, 2.45) is 0 Å². The highest BCUT2D eigenvalue weighted by Crippen LogP contribution is 2.28. The van der Waals surface area contributed by atoms with E-state index in [1.807, 2.05) is 44.2 Å². The van der Waals surface area contributed by atoms with Crippen LogP contribution in [0.1, 0.15) is 11.1 Å². The van der Waals surface area contributed by atoms with Crippen LogP contribution in [0.5, 0.6) is 5.75 Å². The van der Waals surface area contributed by atoms with Crippen molar-refractivity contribution in [2.75, 3.05) is 11.9 Å². The Hall–Kier alpha value is -3.31. The number of nitrogens with one attached hydrogen (secondary N) is 1. The van der Waals surface area contributed by atoms with Crippen LogP contribution in [0, 0.1) is 13.8 Å². The van der Waals surface area contributed by atoms with Gasteiger partial charge in [0.05, 0.1) is 0 Å². The maximum absolute atomic E-state index is 12.1. The summed E-state index contributed by atoms with van der Waals surface area (Å²) in [7, 11) is 0. The summed E-state index contributed by atoms with van der Waals surface area (Å²) in [4.78, 5) is 16.7. The van der Waals surface area contributed by atoms with Gasteiger partial charge in [0.15, 0.2) is 12.2 Å². The summed E-state index contributed by atoms with van der Waals surface area (Å²) in [5.74, 6) is 0.889. The summed E-state index contributed by atoms with van der Waals surface area (Å²) < 4.78 is 11.4. The Morgan fingerprint density at radius 2 is 1.79 bits per heavy atom. The fraction of sp³-hybridized carbons (Fsp3) is 0.130. The first-order valence-corrected chi connectivity index (χ1v) is 9.52. The van der Waals surface area contributed by atoms with Crippen LogP contribution in [0.15, 0.2) is 65.1 Å². The molecule has 0 atom stereocenters. The monoisotopic (exact) mass is 406 g/mol. The number of carbonyl (C=O) groups is 1. The summed E-state index contributed by atoms with van der Waals surface area (Å²) in [6, 6.07) is 18.3. The molecule has 1 aromatic heterocycles. The summed E-state index contributed by atoms with van der Waals surface area (Å²) in [6.07, 6.45) is 0. The van der Waals surface area contributed by atoms with Gasteiger partial charge in [-0.05, 0) is 79.6 Å². The predicted octanol–water partition coefficient (Wildman–Crippen LogP) is 5.78. The summed E-state index contributed by atoms with van der Waals surface area (Å²) >= 11 is 5.83. The van der Waals surface area contributed by atoms with Crippen LogP contribution >= 0.6 is 11.6 Å². The molecule has 0 fully saturated rings. The van der Waals surface area contributed by atoms with Gasteiger partial charge in [0.1, 0.15) is 11.3 Å². The summed E-state index contributed by atoms with van der Waals surface area (Å²) in [5, 5.41) is 3.42. The number of aromatic nitrogens is 1. The Kier molecular flexibility index (Phi) is 5.23. The third-order valence-electron chi connectivity index (χ3n) is 4.42. The number of fused-ring (bicyclic) bond motifs is 1. The van der Waals surface area contributed by atoms with Gasteiger partial charge in [-0.2, -0.15) is 0 Å². The number of oxazole rings is 1. The van der Waals surface area contributed by atoms with Crippen molar-refractivity contribution in [3.63, 3.8) is 0 Å². The maximum Gasteiger partial charge on any atom is 0.262 e. The molecule has 0 saturated heterocycles. The fourth-order valence-electron chi connectivity index (χ4n) is 3.07. The van der Waals surface area contributed by atoms with E-state index in [0.29, 0.717) is 22.4 Å². The van der Waals surface area contributed by atoms with E-state index in [0.717, 1.165) is 27.8 Å². The number of amides is 1. The van der Waals surface area contributed by atoms with Crippen molar-refractivity contribution in [1.29, 1.82) is 0 Å². The molecule has 146 valence electrons. The van der Waals surface area contributed by atoms with Crippen LogP contribution in [-0.4, -0.2) is 17.5 Å². The van der Waals surface area contributed by atoms with E-state index in [-0.39, 0.29) is 12.5 Å². The zero-order chi connectivity index (χ0) is 20.4. The normalized spacial score (nSPS) is 10.9. The van der Waals surface area contributed by atoms with E-state index >= 15 is 0 Å². The van der Waals surface area contributed by atoms with Crippen molar-refractivity contribution in [3.05, 3.63) is 76.8 Å². The molecule has 0 radical (unpaired) electrons. The second kappa shape index (κ2) is 7.97. The van der Waals surface area contributed by atoms with Crippen LogP contribution in [0.3, 0.4) is 0 Å². The average molecular weight is 407 g/mol. The van der Waals surface area contributed by atoms with E-state index < -0.39 is 0 Å². The third kappa shape index (κ3) is 4.41. The van der Waals surface area contributed by atoms with E-state index in [1.54, 1.807) is 24.3 Å². The van der Waals surface area contributed by atoms with Crippen LogP contribution in [0.25, 0.3) is 22.6 Å². The van der Waals surface area contributed by atoms with Gasteiger partial charge in [-0.15, -0.1) is 0 Å². The van der Waals surface area contributed by atoms with Gasteiger partial charge in [0.2, 0.25) is 5.89 Å². The quantitative estimate of drug-likeness (QED) is 0.456. The van der Waals surface area contributed by atoms with E-state index in [9.17, 15) is 4.79 Å². The number of halogens is 1. The smallest absolute Gasteiger partial charge is 0.262 e. The number of aryl methyl sites for hydroxylation is 2. The second-order valence-corrected chi connectivity index (χ2v) is 7.25. The lowest BCUT2D eigenvalue weighted by molar-refractivity contribution is -0.118. The molecule has 29 heavy (non-hydrogen) atoms. The molecule has 3 aromatic carbocycles. The number of ether oxygens (including phenoxy) is 1. The largest absolute Gasteiger partial charge is 0.484 e. The Morgan fingerprint density at radius 3 is 2.52 bits per heavy atom. The number of hydrogen-bond acceptors (Lipinski definition) is 4. The molecule has 0 aliphatic heterocycles. The van der Waals surface area contributed by atoms with Crippen LogP contribution < -0.4 is 10.1 Å². The third-order valence-corrected chi connectivity index (χ3v) is 4.67. The van der Waals surface area contributed by atoms with Crippen molar-refractivity contribution >= 4 is 34.3 Å². The first kappa shape index (κ1) is 19.0. The SMILES string of the molecule is Cc1cc(C)c2oc(-c3ccc(NC(=O)COc4ccc(Cl)cc4)cc3)nc2c1. The molecule has 1 amide bonds. The number of rotatable bonds is 5. The molecule has 1 N–H and O–H groups in total. The molecule has 5 nitrogen and oxygen atoms in total. The Labute approximate surface area is 173 Å². The highest BCUT2D eigenvalue weighted by molar-refractivity contribution is 6.30. The topological polar surface area (TPSA) is 64.4 Å². The first-order valence-electron chi connectivity index (χ1n) is 9.14. The average Bonchev–Trinajstić information content (AvgIpc) is 3.12. The lowest BCUT2D eigenvalue weighted by Gasteiger charge is -2.08. The molecule has 0 spiro atoms. The van der Waals surface area contributed by atoms with Gasteiger partial charge < -0.3 is 14.5 Å². The Bertz CT molecular complexity index is 1170. The van der Waals surface area contributed by atoms with Crippen LogP contribution in [0.4, 0.5) is 5.69 Å². The number of benzene rings is 3. The van der Waals surface area contributed by atoms with Gasteiger partial charge in [0, 0.05) is 16.3 Å². The number of anilines is 1. The van der Waals surface area contributed by atoms with Crippen molar-refractivity contribution in [1.82, 2.24) is 4.98 Å². The molecule has 4 aromatic rings. The molecular weight excluding hydrogens is 388 g/mol. The molecule has 0 unspecified atom stereocenters. The Balaban J connectivity index is 1.42. The predicted molar refractivity (Wildman–Crippen MR) is 114 cm³/mol. The fourth-order valence-corrected chi connectivity index (χ4v) is 3.20. The molecular formula is C23H19ClN2O3. The summed E-state index contributed by atoms with van der Waals surface area (Å²) in [5.41, 5.74) is 5.35. The highest BCUT2D eigenvalue weighted by Gasteiger charge is 2.11. The van der Waals surface area contributed by atoms with Crippen LogP contribution in [-0.2, 0) is 4.79 Å². The minimum absolute atomic E-state index is 0.0901. The van der Waals surface area contributed by atoms with Gasteiger partial charge >= 0.3 is 0 Å². The van der Waals surface area contributed by atoms with E-state index in [4.69, 9.17) is 20.8 Å². The standard InChI is InChI=1S/C23H19ClN2O3/c1-14-11-15(2)22-20(12-14)26-23(29-22)16-3-7-18(8-4-16)25-21(27)13-28-19-9-5-17(24)6-10-19/h3-12H,13H2,1-2H3,(H,25,27). The van der Waals surface area contributed by atoms with Gasteiger partial charge in [-0.1, -0.05) is 17.7 Å². The van der Waals surface area contributed by atoms with Gasteiger partial charge in [-0.25, -0.2) is 4.98 Å². The van der Waals surface area contributed by atoms with Crippen molar-refractivity contribution in [3.8, 4) is 17.2 Å². The first-order chi connectivity index (χ1) is 14.0. The van der Waals surface area contributed by atoms with Gasteiger partial charge in [-0.3, -0.25) is 4.79 Å². The minimum atomic E-state index is -0.249. The minimum Gasteiger partial charge on any atom is -0.484 e. The van der Waals surface area contributed by atoms with Crippen molar-refractivity contribution < 1.29 is 13.9 Å². The number of nitrogens with zero attached hydrogens (tertiary/aromatic N) is 1. The molecule has 0 bridgehead atoms. The van der Waals surface area contributed by atoms with Gasteiger partial charge in [0.25, 0.3) is 5.91 Å². The molecule has 6 heteroatoms. The lowest BCUT2D eigenvalue weighted by atomic mass is 10.1. The van der Waals surface area contributed by atoms with Crippen LogP contribution in [0.2, 0.25) is 5.02 Å².